The molecule has 1 aromatic rings. The van der Waals surface area contributed by atoms with E-state index in [2.05, 4.69) is 15.1 Å². The Morgan fingerprint density at radius 2 is 2.17 bits per heavy atom. The standard InChI is InChI=1S/C10H18N4O3S/c1-11-7-9-6-10(8-12-9)18(15,16)13-14-2-4-17-5-3-14/h6,8,11-13H,2-5,7H2,1H3. The zero-order valence-electron chi connectivity index (χ0n) is 10.3. The second-order valence-corrected chi connectivity index (χ2v) is 5.75. The predicted octanol–water partition coefficient (Wildman–Crippen LogP) is -0.740. The molecule has 2 rings (SSSR count). The quantitative estimate of drug-likeness (QED) is 0.658. The average Bonchev–Trinajstić information content (AvgIpc) is 2.80. The Morgan fingerprint density at radius 3 is 2.83 bits per heavy atom. The molecule has 0 atom stereocenters. The fraction of sp³-hybridized carbons (Fsp3) is 0.600. The number of H-pyrrole nitrogens is 1. The van der Waals surface area contributed by atoms with E-state index in [0.717, 1.165) is 5.69 Å². The lowest BCUT2D eigenvalue weighted by Gasteiger charge is -2.26. The van der Waals surface area contributed by atoms with E-state index in [9.17, 15) is 8.42 Å². The summed E-state index contributed by atoms with van der Waals surface area (Å²) in [6, 6.07) is 1.62. The minimum atomic E-state index is -3.50. The van der Waals surface area contributed by atoms with Crippen LogP contribution in [0.15, 0.2) is 17.2 Å². The fourth-order valence-electron chi connectivity index (χ4n) is 1.74. The lowest BCUT2D eigenvalue weighted by atomic mass is 10.4. The topological polar surface area (TPSA) is 86.5 Å². The van der Waals surface area contributed by atoms with Crippen LogP contribution in [0.3, 0.4) is 0 Å². The number of sulfonamides is 1. The van der Waals surface area contributed by atoms with Gasteiger partial charge in [-0.05, 0) is 13.1 Å². The summed E-state index contributed by atoms with van der Waals surface area (Å²) in [5.74, 6) is 0. The van der Waals surface area contributed by atoms with Gasteiger partial charge in [0, 0.05) is 31.5 Å². The van der Waals surface area contributed by atoms with Crippen molar-refractivity contribution in [3.63, 3.8) is 0 Å². The van der Waals surface area contributed by atoms with E-state index < -0.39 is 10.0 Å². The maximum absolute atomic E-state index is 12.1. The highest BCUT2D eigenvalue weighted by atomic mass is 32.2. The Labute approximate surface area is 107 Å². The molecule has 0 saturated carbocycles. The van der Waals surface area contributed by atoms with E-state index in [-0.39, 0.29) is 4.90 Å². The van der Waals surface area contributed by atoms with Crippen LogP contribution in [0, 0.1) is 0 Å². The monoisotopic (exact) mass is 274 g/mol. The van der Waals surface area contributed by atoms with Crippen molar-refractivity contribution >= 4 is 10.0 Å². The number of hydrogen-bond donors (Lipinski definition) is 3. The summed E-state index contributed by atoms with van der Waals surface area (Å²) in [5.41, 5.74) is 0.833. The molecule has 0 amide bonds. The van der Waals surface area contributed by atoms with Gasteiger partial charge in [-0.1, -0.05) is 0 Å². The Morgan fingerprint density at radius 1 is 1.44 bits per heavy atom. The van der Waals surface area contributed by atoms with Crippen molar-refractivity contribution in [2.45, 2.75) is 11.4 Å². The van der Waals surface area contributed by atoms with Gasteiger partial charge in [0.15, 0.2) is 0 Å². The molecule has 0 radical (unpaired) electrons. The largest absolute Gasteiger partial charge is 0.379 e. The molecule has 1 aliphatic rings. The highest BCUT2D eigenvalue weighted by molar-refractivity contribution is 7.89. The Kier molecular flexibility index (Phi) is 4.36. The normalized spacial score (nSPS) is 18.1. The highest BCUT2D eigenvalue weighted by Gasteiger charge is 2.21. The molecule has 0 bridgehead atoms. The molecule has 18 heavy (non-hydrogen) atoms. The van der Waals surface area contributed by atoms with Crippen molar-refractivity contribution in [2.24, 2.45) is 0 Å². The van der Waals surface area contributed by atoms with E-state index in [0.29, 0.717) is 32.8 Å². The predicted molar refractivity (Wildman–Crippen MR) is 66.3 cm³/mol. The van der Waals surface area contributed by atoms with E-state index in [4.69, 9.17) is 4.74 Å². The van der Waals surface area contributed by atoms with Gasteiger partial charge in [-0.15, -0.1) is 4.83 Å². The number of rotatable bonds is 5. The number of hydrazine groups is 1. The van der Waals surface area contributed by atoms with Crippen LogP contribution < -0.4 is 10.1 Å². The van der Waals surface area contributed by atoms with Gasteiger partial charge in [0.25, 0.3) is 10.0 Å². The number of ether oxygens (including phenoxy) is 1. The van der Waals surface area contributed by atoms with Gasteiger partial charge in [0.05, 0.1) is 13.2 Å². The van der Waals surface area contributed by atoms with Gasteiger partial charge in [-0.3, -0.25) is 0 Å². The molecule has 1 fully saturated rings. The van der Waals surface area contributed by atoms with Crippen molar-refractivity contribution in [3.8, 4) is 0 Å². The van der Waals surface area contributed by atoms with Gasteiger partial charge in [0.2, 0.25) is 0 Å². The number of aromatic nitrogens is 1. The van der Waals surface area contributed by atoms with Crippen LogP contribution >= 0.6 is 0 Å². The van der Waals surface area contributed by atoms with Gasteiger partial charge >= 0.3 is 0 Å². The zero-order valence-corrected chi connectivity index (χ0v) is 11.1. The van der Waals surface area contributed by atoms with Gasteiger partial charge < -0.3 is 15.0 Å². The summed E-state index contributed by atoms with van der Waals surface area (Å²) in [5, 5.41) is 4.61. The van der Waals surface area contributed by atoms with Crippen molar-refractivity contribution < 1.29 is 13.2 Å². The Balaban J connectivity index is 2.04. The first-order chi connectivity index (χ1) is 8.62. The molecule has 102 valence electrons. The van der Waals surface area contributed by atoms with Crippen LogP contribution in [-0.2, 0) is 21.3 Å². The third-order valence-corrected chi connectivity index (χ3v) is 4.01. The SMILES string of the molecule is CNCc1cc(S(=O)(=O)NN2CCOCC2)c[nH]1. The summed E-state index contributed by atoms with van der Waals surface area (Å²) < 4.78 is 29.3. The minimum absolute atomic E-state index is 0.249. The number of morpholine rings is 1. The molecule has 3 N–H and O–H groups in total. The first-order valence-electron chi connectivity index (χ1n) is 5.79. The summed E-state index contributed by atoms with van der Waals surface area (Å²) in [6.45, 7) is 2.81. The maximum Gasteiger partial charge on any atom is 0.254 e. The Hall–Kier alpha value is -0.930. The summed E-state index contributed by atoms with van der Waals surface area (Å²) >= 11 is 0. The lowest BCUT2D eigenvalue weighted by Crippen LogP contribution is -2.48. The maximum atomic E-state index is 12.1. The molecule has 0 spiro atoms. The minimum Gasteiger partial charge on any atom is -0.379 e. The van der Waals surface area contributed by atoms with Gasteiger partial charge in [-0.2, -0.15) is 0 Å². The van der Waals surface area contributed by atoms with Crippen molar-refractivity contribution in [1.82, 2.24) is 20.1 Å². The van der Waals surface area contributed by atoms with Crippen LogP contribution in [0.2, 0.25) is 0 Å². The van der Waals surface area contributed by atoms with Crippen LogP contribution in [0.4, 0.5) is 0 Å². The van der Waals surface area contributed by atoms with Crippen LogP contribution in [0.1, 0.15) is 5.69 Å². The molecule has 1 aromatic heterocycles. The van der Waals surface area contributed by atoms with Crippen LogP contribution in [0.25, 0.3) is 0 Å². The average molecular weight is 274 g/mol. The number of nitrogens with one attached hydrogen (secondary N) is 3. The van der Waals surface area contributed by atoms with Crippen molar-refractivity contribution in [3.05, 3.63) is 18.0 Å². The van der Waals surface area contributed by atoms with Crippen LogP contribution in [0.5, 0.6) is 0 Å². The first-order valence-corrected chi connectivity index (χ1v) is 7.27. The number of aromatic amines is 1. The van der Waals surface area contributed by atoms with E-state index >= 15 is 0 Å². The number of hydrogen-bond acceptors (Lipinski definition) is 5. The molecule has 7 nitrogen and oxygen atoms in total. The zero-order chi connectivity index (χ0) is 13.0. The molecule has 0 unspecified atom stereocenters. The molecule has 8 heteroatoms. The molecule has 2 heterocycles. The molecule has 0 aliphatic carbocycles. The van der Waals surface area contributed by atoms with E-state index in [1.54, 1.807) is 18.1 Å². The number of nitrogens with zero attached hydrogens (tertiary/aromatic N) is 1. The van der Waals surface area contributed by atoms with Crippen molar-refractivity contribution in [2.75, 3.05) is 33.4 Å². The van der Waals surface area contributed by atoms with Gasteiger partial charge in [0.1, 0.15) is 4.90 Å². The summed E-state index contributed by atoms with van der Waals surface area (Å²) in [4.78, 5) is 5.73. The summed E-state index contributed by atoms with van der Waals surface area (Å²) in [7, 11) is -1.69. The molecule has 0 aromatic carbocycles. The molecule has 1 aliphatic heterocycles. The van der Waals surface area contributed by atoms with Crippen LogP contribution in [-0.4, -0.2) is 51.8 Å². The first kappa shape index (κ1) is 13.5. The highest BCUT2D eigenvalue weighted by Crippen LogP contribution is 2.11. The second-order valence-electron chi connectivity index (χ2n) is 4.09. The van der Waals surface area contributed by atoms with E-state index in [1.165, 1.54) is 6.20 Å². The lowest BCUT2D eigenvalue weighted by molar-refractivity contribution is 0.0272. The molecular formula is C10H18N4O3S. The smallest absolute Gasteiger partial charge is 0.254 e. The molecular weight excluding hydrogens is 256 g/mol. The molecule has 1 saturated heterocycles. The third-order valence-electron chi connectivity index (χ3n) is 2.65. The van der Waals surface area contributed by atoms with E-state index in [1.807, 2.05) is 0 Å². The Bertz CT molecular complexity index is 479. The second kappa shape index (κ2) is 5.81. The fourth-order valence-corrected chi connectivity index (χ4v) is 2.88. The summed E-state index contributed by atoms with van der Waals surface area (Å²) in [6.07, 6.45) is 1.50. The van der Waals surface area contributed by atoms with Gasteiger partial charge in [-0.25, -0.2) is 13.4 Å². The third kappa shape index (κ3) is 3.30. The van der Waals surface area contributed by atoms with Crippen molar-refractivity contribution in [1.29, 1.82) is 0 Å².